The highest BCUT2D eigenvalue weighted by Crippen LogP contribution is 2.40. The number of hydrogen-bond donors (Lipinski definition) is 0. The van der Waals surface area contributed by atoms with Gasteiger partial charge in [-0.2, -0.15) is 0 Å². The van der Waals surface area contributed by atoms with E-state index in [-0.39, 0.29) is 17.8 Å². The van der Waals surface area contributed by atoms with Crippen LogP contribution in [0.25, 0.3) is 22.4 Å². The summed E-state index contributed by atoms with van der Waals surface area (Å²) in [5, 5.41) is 0. The minimum Gasteiger partial charge on any atom is -0.342 e. The Hall–Kier alpha value is -2.69. The first-order valence-electron chi connectivity index (χ1n) is 10.1. The van der Waals surface area contributed by atoms with Crippen LogP contribution in [0.15, 0.2) is 48.5 Å². The molecule has 28 heavy (non-hydrogen) atoms. The fourth-order valence-electron chi connectivity index (χ4n) is 4.47. The molecule has 1 saturated heterocycles. The fraction of sp³-hybridized carbons (Fsp3) is 0.391. The van der Waals surface area contributed by atoms with Crippen LogP contribution in [0.5, 0.6) is 0 Å². The van der Waals surface area contributed by atoms with Crippen LogP contribution in [-0.2, 0) is 4.79 Å². The third kappa shape index (κ3) is 2.99. The van der Waals surface area contributed by atoms with Crippen molar-refractivity contribution in [3.05, 3.63) is 54.3 Å². The number of hydrogen-bond acceptors (Lipinski definition) is 2. The summed E-state index contributed by atoms with van der Waals surface area (Å²) in [6, 6.07) is 15.1. The van der Waals surface area contributed by atoms with Crippen LogP contribution in [0.2, 0.25) is 0 Å². The molecule has 1 aliphatic carbocycles. The molecular formula is C23H24FN3O. The highest BCUT2D eigenvalue weighted by Gasteiger charge is 2.42. The summed E-state index contributed by atoms with van der Waals surface area (Å²) in [6.45, 7) is 3.67. The van der Waals surface area contributed by atoms with E-state index >= 15 is 0 Å². The SMILES string of the molecule is C[C@H]1C[C@@H]1C(=O)N1CCC(n2c(-c3ccccc3)nc3ccc(F)cc32)CC1. The number of imidazole rings is 1. The Morgan fingerprint density at radius 3 is 2.50 bits per heavy atom. The van der Waals surface area contributed by atoms with Gasteiger partial charge in [-0.3, -0.25) is 4.79 Å². The van der Waals surface area contributed by atoms with E-state index in [0.29, 0.717) is 11.8 Å². The number of carbonyl (C=O) groups is 1. The average Bonchev–Trinajstić information content (AvgIpc) is 3.34. The molecule has 0 radical (unpaired) electrons. The molecule has 2 heterocycles. The Labute approximate surface area is 164 Å². The minimum atomic E-state index is -0.247. The van der Waals surface area contributed by atoms with Gasteiger partial charge >= 0.3 is 0 Å². The highest BCUT2D eigenvalue weighted by atomic mass is 19.1. The number of rotatable bonds is 3. The van der Waals surface area contributed by atoms with Gasteiger partial charge in [-0.1, -0.05) is 37.3 Å². The van der Waals surface area contributed by atoms with Crippen LogP contribution in [-0.4, -0.2) is 33.4 Å². The van der Waals surface area contributed by atoms with E-state index in [2.05, 4.69) is 11.5 Å². The number of amides is 1. The lowest BCUT2D eigenvalue weighted by Gasteiger charge is -2.34. The lowest BCUT2D eigenvalue weighted by molar-refractivity contribution is -0.134. The van der Waals surface area contributed by atoms with Crippen LogP contribution in [0.4, 0.5) is 4.39 Å². The molecule has 2 aliphatic rings. The first kappa shape index (κ1) is 17.4. The van der Waals surface area contributed by atoms with Gasteiger partial charge in [0.15, 0.2) is 0 Å². The fourth-order valence-corrected chi connectivity index (χ4v) is 4.47. The number of carbonyl (C=O) groups excluding carboxylic acids is 1. The van der Waals surface area contributed by atoms with Gasteiger partial charge in [-0.05, 0) is 43.4 Å². The van der Waals surface area contributed by atoms with Gasteiger partial charge in [0.2, 0.25) is 5.91 Å². The predicted octanol–water partition coefficient (Wildman–Crippen LogP) is 4.66. The molecular weight excluding hydrogens is 353 g/mol. The van der Waals surface area contributed by atoms with Crippen molar-refractivity contribution in [1.29, 1.82) is 0 Å². The van der Waals surface area contributed by atoms with E-state index in [1.165, 1.54) is 6.07 Å². The van der Waals surface area contributed by atoms with E-state index in [4.69, 9.17) is 4.98 Å². The molecule has 4 nitrogen and oxygen atoms in total. The molecule has 144 valence electrons. The minimum absolute atomic E-state index is 0.211. The second kappa shape index (κ2) is 6.73. The van der Waals surface area contributed by atoms with Gasteiger partial charge in [0.25, 0.3) is 0 Å². The van der Waals surface area contributed by atoms with E-state index in [9.17, 15) is 9.18 Å². The molecule has 0 N–H and O–H groups in total. The van der Waals surface area contributed by atoms with Crippen molar-refractivity contribution in [2.45, 2.75) is 32.2 Å². The van der Waals surface area contributed by atoms with Gasteiger partial charge in [0.05, 0.1) is 11.0 Å². The molecule has 0 spiro atoms. The maximum Gasteiger partial charge on any atom is 0.225 e. The summed E-state index contributed by atoms with van der Waals surface area (Å²) < 4.78 is 16.2. The largest absolute Gasteiger partial charge is 0.342 e. The second-order valence-corrected chi connectivity index (χ2v) is 8.18. The normalized spacial score (nSPS) is 22.6. The summed E-state index contributed by atoms with van der Waals surface area (Å²) in [5.41, 5.74) is 2.68. The molecule has 1 saturated carbocycles. The molecule has 5 heteroatoms. The highest BCUT2D eigenvalue weighted by molar-refractivity contribution is 5.82. The van der Waals surface area contributed by atoms with Gasteiger partial charge in [-0.25, -0.2) is 9.37 Å². The van der Waals surface area contributed by atoms with Gasteiger partial charge in [0.1, 0.15) is 11.6 Å². The molecule has 1 aromatic heterocycles. The van der Waals surface area contributed by atoms with Crippen molar-refractivity contribution in [1.82, 2.24) is 14.5 Å². The number of halogens is 1. The zero-order valence-corrected chi connectivity index (χ0v) is 16.0. The number of aromatic nitrogens is 2. The third-order valence-corrected chi connectivity index (χ3v) is 6.25. The van der Waals surface area contributed by atoms with Crippen molar-refractivity contribution >= 4 is 16.9 Å². The van der Waals surface area contributed by atoms with Crippen LogP contribution in [0.3, 0.4) is 0 Å². The number of benzene rings is 2. The van der Waals surface area contributed by atoms with E-state index in [1.54, 1.807) is 12.1 Å². The molecule has 1 amide bonds. The Bertz CT molecular complexity index is 1020. The van der Waals surface area contributed by atoms with Gasteiger partial charge in [-0.15, -0.1) is 0 Å². The first-order valence-corrected chi connectivity index (χ1v) is 10.1. The number of piperidine rings is 1. The predicted molar refractivity (Wildman–Crippen MR) is 107 cm³/mol. The van der Waals surface area contributed by atoms with Gasteiger partial charge in [0, 0.05) is 30.6 Å². The van der Waals surface area contributed by atoms with Crippen molar-refractivity contribution in [3.63, 3.8) is 0 Å². The zero-order chi connectivity index (χ0) is 19.3. The number of nitrogens with zero attached hydrogens (tertiary/aromatic N) is 3. The Balaban J connectivity index is 1.48. The maximum absolute atomic E-state index is 14.0. The quantitative estimate of drug-likeness (QED) is 0.666. The van der Waals surface area contributed by atoms with Crippen molar-refractivity contribution in [2.24, 2.45) is 11.8 Å². The van der Waals surface area contributed by atoms with E-state index in [1.807, 2.05) is 35.2 Å². The molecule has 2 aromatic carbocycles. The number of fused-ring (bicyclic) bond motifs is 1. The van der Waals surface area contributed by atoms with E-state index in [0.717, 1.165) is 54.8 Å². The van der Waals surface area contributed by atoms with Crippen molar-refractivity contribution in [2.75, 3.05) is 13.1 Å². The Morgan fingerprint density at radius 2 is 1.82 bits per heavy atom. The summed E-state index contributed by atoms with van der Waals surface area (Å²) >= 11 is 0. The zero-order valence-electron chi connectivity index (χ0n) is 16.0. The molecule has 5 rings (SSSR count). The lowest BCUT2D eigenvalue weighted by Crippen LogP contribution is -2.40. The Morgan fingerprint density at radius 1 is 1.11 bits per heavy atom. The van der Waals surface area contributed by atoms with Gasteiger partial charge < -0.3 is 9.47 Å². The van der Waals surface area contributed by atoms with Crippen molar-refractivity contribution < 1.29 is 9.18 Å². The van der Waals surface area contributed by atoms with Crippen LogP contribution < -0.4 is 0 Å². The molecule has 0 unspecified atom stereocenters. The average molecular weight is 377 g/mol. The third-order valence-electron chi connectivity index (χ3n) is 6.25. The Kier molecular flexibility index (Phi) is 4.18. The standard InChI is InChI=1S/C23H24FN3O/c1-15-13-19(15)23(28)26-11-9-18(10-12-26)27-21-14-17(24)7-8-20(21)25-22(27)16-5-3-2-4-6-16/h2-8,14-15,18-19H,9-13H2,1H3/t15-,19-/m0/s1. The maximum atomic E-state index is 14.0. The summed E-state index contributed by atoms with van der Waals surface area (Å²) in [7, 11) is 0. The summed E-state index contributed by atoms with van der Waals surface area (Å²) in [6.07, 6.45) is 2.77. The van der Waals surface area contributed by atoms with Crippen molar-refractivity contribution in [3.8, 4) is 11.4 Å². The van der Waals surface area contributed by atoms with Crippen LogP contribution in [0, 0.1) is 17.7 Å². The molecule has 3 aromatic rings. The number of likely N-dealkylation sites (tertiary alicyclic amines) is 1. The lowest BCUT2D eigenvalue weighted by atomic mass is 10.0. The smallest absolute Gasteiger partial charge is 0.225 e. The molecule has 2 fully saturated rings. The molecule has 1 aliphatic heterocycles. The first-order chi connectivity index (χ1) is 13.6. The summed E-state index contributed by atoms with van der Waals surface area (Å²) in [5.74, 6) is 1.72. The van der Waals surface area contributed by atoms with Crippen LogP contribution >= 0.6 is 0 Å². The van der Waals surface area contributed by atoms with E-state index < -0.39 is 0 Å². The monoisotopic (exact) mass is 377 g/mol. The summed E-state index contributed by atoms with van der Waals surface area (Å²) in [4.78, 5) is 19.4. The second-order valence-electron chi connectivity index (χ2n) is 8.18. The topological polar surface area (TPSA) is 38.1 Å². The molecule has 2 atom stereocenters. The molecule has 0 bridgehead atoms. The van der Waals surface area contributed by atoms with Crippen LogP contribution in [0.1, 0.15) is 32.2 Å².